The fourth-order valence-corrected chi connectivity index (χ4v) is 2.15. The smallest absolute Gasteiger partial charge is 0.317 e. The van der Waals surface area contributed by atoms with Crippen LogP contribution in [0.2, 0.25) is 0 Å². The summed E-state index contributed by atoms with van der Waals surface area (Å²) < 4.78 is 0. The molecule has 3 N–H and O–H groups in total. The molecule has 0 unspecified atom stereocenters. The number of rotatable bonds is 5. The Morgan fingerprint density at radius 1 is 1.35 bits per heavy atom. The molecule has 3 amide bonds. The van der Waals surface area contributed by atoms with Gasteiger partial charge in [-0.2, -0.15) is 0 Å². The van der Waals surface area contributed by atoms with Crippen LogP contribution in [0.1, 0.15) is 33.1 Å². The van der Waals surface area contributed by atoms with Crippen molar-refractivity contribution in [1.82, 2.24) is 15.5 Å². The molecule has 1 fully saturated rings. The van der Waals surface area contributed by atoms with Crippen LogP contribution in [0.25, 0.3) is 0 Å². The van der Waals surface area contributed by atoms with Crippen LogP contribution >= 0.6 is 0 Å². The van der Waals surface area contributed by atoms with E-state index in [9.17, 15) is 14.4 Å². The van der Waals surface area contributed by atoms with Gasteiger partial charge in [-0.1, -0.05) is 0 Å². The largest absolute Gasteiger partial charge is 0.481 e. The van der Waals surface area contributed by atoms with E-state index < -0.39 is 11.9 Å². The molecule has 0 radical (unpaired) electrons. The van der Waals surface area contributed by atoms with Crippen LogP contribution in [-0.4, -0.2) is 53.6 Å². The second-order valence-corrected chi connectivity index (χ2v) is 5.33. The molecule has 0 bridgehead atoms. The van der Waals surface area contributed by atoms with E-state index in [0.29, 0.717) is 19.4 Å². The number of carbonyl (C=O) groups is 3. The van der Waals surface area contributed by atoms with Crippen LogP contribution in [-0.2, 0) is 9.59 Å². The third-order valence-corrected chi connectivity index (χ3v) is 3.14. The van der Waals surface area contributed by atoms with Gasteiger partial charge in [0.1, 0.15) is 0 Å². The fraction of sp³-hybridized carbons (Fsp3) is 0.769. The summed E-state index contributed by atoms with van der Waals surface area (Å²) in [7, 11) is 0. The predicted octanol–water partition coefficient (Wildman–Crippen LogP) is 0.407. The molecular weight excluding hydrogens is 262 g/mol. The maximum atomic E-state index is 11.9. The topological polar surface area (TPSA) is 98.7 Å². The van der Waals surface area contributed by atoms with Crippen LogP contribution in [0.4, 0.5) is 4.79 Å². The van der Waals surface area contributed by atoms with Gasteiger partial charge in [0, 0.05) is 32.1 Å². The van der Waals surface area contributed by atoms with Gasteiger partial charge in [0.25, 0.3) is 0 Å². The molecule has 0 aromatic heterocycles. The number of nitrogens with zero attached hydrogens (tertiary/aromatic N) is 1. The number of aliphatic carboxylic acids is 1. The average molecular weight is 285 g/mol. The highest BCUT2D eigenvalue weighted by Crippen LogP contribution is 2.16. The highest BCUT2D eigenvalue weighted by Gasteiger charge is 2.27. The van der Waals surface area contributed by atoms with E-state index >= 15 is 0 Å². The molecule has 0 aliphatic carbocycles. The molecule has 1 aliphatic rings. The second kappa shape index (κ2) is 7.72. The van der Waals surface area contributed by atoms with Gasteiger partial charge in [-0.3, -0.25) is 9.59 Å². The van der Waals surface area contributed by atoms with Crippen molar-refractivity contribution >= 4 is 17.9 Å². The predicted molar refractivity (Wildman–Crippen MR) is 73.2 cm³/mol. The minimum Gasteiger partial charge on any atom is -0.481 e. The lowest BCUT2D eigenvalue weighted by Gasteiger charge is -2.30. The lowest BCUT2D eigenvalue weighted by molar-refractivity contribution is -0.143. The number of amides is 3. The highest BCUT2D eigenvalue weighted by atomic mass is 16.4. The number of carboxylic acids is 1. The summed E-state index contributed by atoms with van der Waals surface area (Å²) in [5.41, 5.74) is 0. The first-order valence-electron chi connectivity index (χ1n) is 6.95. The van der Waals surface area contributed by atoms with Crippen LogP contribution < -0.4 is 10.6 Å². The average Bonchev–Trinajstić information content (AvgIpc) is 2.37. The maximum Gasteiger partial charge on any atom is 0.317 e. The summed E-state index contributed by atoms with van der Waals surface area (Å²) in [6, 6.07) is -0.218. The first-order valence-corrected chi connectivity index (χ1v) is 6.95. The lowest BCUT2D eigenvalue weighted by Crippen LogP contribution is -2.47. The summed E-state index contributed by atoms with van der Waals surface area (Å²) >= 11 is 0. The standard InChI is InChI=1S/C13H23N3O4/c1-9(2)15-11(17)5-6-14-13(20)16-7-3-4-10(8-16)12(18)19/h9-10H,3-8H2,1-2H3,(H,14,20)(H,15,17)(H,18,19)/t10-/m1/s1. The molecule has 7 nitrogen and oxygen atoms in total. The van der Waals surface area contributed by atoms with E-state index in [4.69, 9.17) is 5.11 Å². The van der Waals surface area contributed by atoms with Crippen molar-refractivity contribution in [3.8, 4) is 0 Å². The van der Waals surface area contributed by atoms with Crippen molar-refractivity contribution in [2.24, 2.45) is 5.92 Å². The zero-order valence-electron chi connectivity index (χ0n) is 12.0. The van der Waals surface area contributed by atoms with E-state index in [-0.39, 0.29) is 37.5 Å². The van der Waals surface area contributed by atoms with Crippen molar-refractivity contribution < 1.29 is 19.5 Å². The lowest BCUT2D eigenvalue weighted by atomic mass is 9.99. The Morgan fingerprint density at radius 3 is 2.65 bits per heavy atom. The first kappa shape index (κ1) is 16.3. The monoisotopic (exact) mass is 285 g/mol. The fourth-order valence-electron chi connectivity index (χ4n) is 2.15. The summed E-state index contributed by atoms with van der Waals surface area (Å²) in [5, 5.41) is 14.3. The summed E-state index contributed by atoms with van der Waals surface area (Å²) in [6.07, 6.45) is 1.52. The van der Waals surface area contributed by atoms with Crippen molar-refractivity contribution in [3.05, 3.63) is 0 Å². The number of hydrogen-bond donors (Lipinski definition) is 3. The molecule has 20 heavy (non-hydrogen) atoms. The van der Waals surface area contributed by atoms with Crippen molar-refractivity contribution in [3.63, 3.8) is 0 Å². The Morgan fingerprint density at radius 2 is 2.05 bits per heavy atom. The zero-order valence-corrected chi connectivity index (χ0v) is 12.0. The van der Waals surface area contributed by atoms with Crippen LogP contribution in [0, 0.1) is 5.92 Å². The summed E-state index contributed by atoms with van der Waals surface area (Å²) in [5.74, 6) is -1.46. The molecule has 0 spiro atoms. The van der Waals surface area contributed by atoms with Gasteiger partial charge in [-0.25, -0.2) is 4.79 Å². The number of urea groups is 1. The number of hydrogen-bond acceptors (Lipinski definition) is 3. The summed E-state index contributed by atoms with van der Waals surface area (Å²) in [6.45, 7) is 4.80. The molecule has 7 heteroatoms. The van der Waals surface area contributed by atoms with Crippen LogP contribution in [0.5, 0.6) is 0 Å². The van der Waals surface area contributed by atoms with E-state index in [2.05, 4.69) is 10.6 Å². The van der Waals surface area contributed by atoms with Gasteiger partial charge in [0.05, 0.1) is 5.92 Å². The molecule has 0 saturated carbocycles. The molecule has 114 valence electrons. The van der Waals surface area contributed by atoms with Gasteiger partial charge in [0.2, 0.25) is 5.91 Å². The van der Waals surface area contributed by atoms with Crippen LogP contribution in [0.15, 0.2) is 0 Å². The zero-order chi connectivity index (χ0) is 15.1. The van der Waals surface area contributed by atoms with Gasteiger partial charge < -0.3 is 20.6 Å². The molecule has 1 saturated heterocycles. The van der Waals surface area contributed by atoms with Gasteiger partial charge in [-0.05, 0) is 26.7 Å². The molecule has 1 rings (SSSR count). The second-order valence-electron chi connectivity index (χ2n) is 5.33. The highest BCUT2D eigenvalue weighted by molar-refractivity contribution is 5.79. The Labute approximate surface area is 118 Å². The van der Waals surface area contributed by atoms with Gasteiger partial charge >= 0.3 is 12.0 Å². The number of piperidine rings is 1. The van der Waals surface area contributed by atoms with Gasteiger partial charge in [0.15, 0.2) is 0 Å². The maximum absolute atomic E-state index is 11.9. The minimum absolute atomic E-state index is 0.0802. The Kier molecular flexibility index (Phi) is 6.27. The minimum atomic E-state index is -0.862. The van der Waals surface area contributed by atoms with E-state index in [1.54, 1.807) is 0 Å². The first-order chi connectivity index (χ1) is 9.40. The molecule has 0 aromatic rings. The van der Waals surface area contributed by atoms with Crippen molar-refractivity contribution in [1.29, 1.82) is 0 Å². The SMILES string of the molecule is CC(C)NC(=O)CCNC(=O)N1CCC[C@@H](C(=O)O)C1. The third-order valence-electron chi connectivity index (χ3n) is 3.14. The van der Waals surface area contributed by atoms with Crippen molar-refractivity contribution in [2.45, 2.75) is 39.2 Å². The van der Waals surface area contributed by atoms with E-state index in [0.717, 1.165) is 0 Å². The van der Waals surface area contributed by atoms with E-state index in [1.807, 2.05) is 13.8 Å². The molecular formula is C13H23N3O4. The number of carboxylic acid groups (broad SMARTS) is 1. The Bertz CT molecular complexity index is 371. The molecule has 1 atom stereocenters. The van der Waals surface area contributed by atoms with Crippen LogP contribution in [0.3, 0.4) is 0 Å². The quantitative estimate of drug-likeness (QED) is 0.681. The van der Waals surface area contributed by atoms with Crippen molar-refractivity contribution in [2.75, 3.05) is 19.6 Å². The molecule has 1 aliphatic heterocycles. The number of likely N-dealkylation sites (tertiary alicyclic amines) is 1. The Hall–Kier alpha value is -1.79. The third kappa shape index (κ3) is 5.46. The van der Waals surface area contributed by atoms with Gasteiger partial charge in [-0.15, -0.1) is 0 Å². The Balaban J connectivity index is 2.28. The normalized spacial score (nSPS) is 18.8. The number of nitrogens with one attached hydrogen (secondary N) is 2. The molecule has 0 aromatic carbocycles. The molecule has 1 heterocycles. The van der Waals surface area contributed by atoms with E-state index in [1.165, 1.54) is 4.90 Å². The number of carbonyl (C=O) groups excluding carboxylic acids is 2. The summed E-state index contributed by atoms with van der Waals surface area (Å²) in [4.78, 5) is 35.7.